The summed E-state index contributed by atoms with van der Waals surface area (Å²) in [4.78, 5) is 24.4. The molecule has 0 radical (unpaired) electrons. The number of carbonyl (C=O) groups is 2. The van der Waals surface area contributed by atoms with Gasteiger partial charge in [-0.15, -0.1) is 0 Å². The van der Waals surface area contributed by atoms with Gasteiger partial charge in [-0.05, 0) is 82.7 Å². The first-order valence-electron chi connectivity index (χ1n) is 11.0. The molecule has 0 fully saturated rings. The molecule has 2 aromatic carbocycles. The van der Waals surface area contributed by atoms with Crippen LogP contribution in [0.5, 0.6) is 0 Å². The Balaban J connectivity index is 1.61. The smallest absolute Gasteiger partial charge is 0.338 e. The van der Waals surface area contributed by atoms with E-state index >= 15 is 0 Å². The second-order valence-electron chi connectivity index (χ2n) is 7.99. The SMILES string of the molecule is CCc1ccc(C(=O)OC(C)CCCCCC(C)OC(=O)c2cccc(C)c2)cc1. The second-order valence-corrected chi connectivity index (χ2v) is 7.99. The molecule has 2 unspecified atom stereocenters. The van der Waals surface area contributed by atoms with Crippen LogP contribution in [0.4, 0.5) is 0 Å². The molecule has 0 saturated heterocycles. The number of unbranched alkanes of at least 4 members (excludes halogenated alkanes) is 2. The van der Waals surface area contributed by atoms with E-state index in [4.69, 9.17) is 9.47 Å². The largest absolute Gasteiger partial charge is 0.459 e. The van der Waals surface area contributed by atoms with Crippen molar-refractivity contribution in [2.75, 3.05) is 0 Å². The third-order valence-corrected chi connectivity index (χ3v) is 5.19. The molecule has 0 amide bonds. The summed E-state index contributed by atoms with van der Waals surface area (Å²) in [6.07, 6.45) is 5.35. The van der Waals surface area contributed by atoms with Crippen LogP contribution in [0, 0.1) is 6.92 Å². The van der Waals surface area contributed by atoms with Crippen LogP contribution in [0.1, 0.15) is 84.7 Å². The predicted octanol–water partition coefficient (Wildman–Crippen LogP) is 6.30. The molecule has 0 bridgehead atoms. The molecule has 4 nitrogen and oxygen atoms in total. The lowest BCUT2D eigenvalue weighted by Crippen LogP contribution is -2.16. The van der Waals surface area contributed by atoms with Crippen LogP contribution < -0.4 is 0 Å². The van der Waals surface area contributed by atoms with Gasteiger partial charge in [0, 0.05) is 0 Å². The van der Waals surface area contributed by atoms with Crippen molar-refractivity contribution in [1.29, 1.82) is 0 Å². The predicted molar refractivity (Wildman–Crippen MR) is 120 cm³/mol. The van der Waals surface area contributed by atoms with Gasteiger partial charge in [-0.25, -0.2) is 9.59 Å². The van der Waals surface area contributed by atoms with E-state index in [0.717, 1.165) is 44.1 Å². The monoisotopic (exact) mass is 410 g/mol. The maximum absolute atomic E-state index is 12.2. The third-order valence-electron chi connectivity index (χ3n) is 5.19. The van der Waals surface area contributed by atoms with Gasteiger partial charge in [0.2, 0.25) is 0 Å². The summed E-state index contributed by atoms with van der Waals surface area (Å²) in [5.41, 5.74) is 3.45. The van der Waals surface area contributed by atoms with Crippen molar-refractivity contribution in [1.82, 2.24) is 0 Å². The Morgan fingerprint density at radius 2 is 1.37 bits per heavy atom. The van der Waals surface area contributed by atoms with Crippen molar-refractivity contribution in [3.8, 4) is 0 Å². The Morgan fingerprint density at radius 3 is 1.90 bits per heavy atom. The van der Waals surface area contributed by atoms with Crippen LogP contribution in [-0.2, 0) is 15.9 Å². The highest BCUT2D eigenvalue weighted by molar-refractivity contribution is 5.90. The molecule has 0 heterocycles. The minimum atomic E-state index is -0.265. The van der Waals surface area contributed by atoms with Crippen molar-refractivity contribution in [3.05, 3.63) is 70.8 Å². The first-order chi connectivity index (χ1) is 14.4. The van der Waals surface area contributed by atoms with Crippen LogP contribution in [0.2, 0.25) is 0 Å². The fourth-order valence-corrected chi connectivity index (χ4v) is 3.31. The summed E-state index contributed by atoms with van der Waals surface area (Å²) in [6, 6.07) is 15.0. The fourth-order valence-electron chi connectivity index (χ4n) is 3.31. The molecule has 0 N–H and O–H groups in total. The van der Waals surface area contributed by atoms with E-state index in [1.54, 1.807) is 6.07 Å². The molecule has 0 aromatic heterocycles. The molecule has 0 aliphatic heterocycles. The van der Waals surface area contributed by atoms with Crippen molar-refractivity contribution in [2.45, 2.75) is 78.4 Å². The lowest BCUT2D eigenvalue weighted by molar-refractivity contribution is 0.0314. The van der Waals surface area contributed by atoms with E-state index in [1.165, 1.54) is 5.56 Å². The zero-order valence-electron chi connectivity index (χ0n) is 18.6. The van der Waals surface area contributed by atoms with Gasteiger partial charge < -0.3 is 9.47 Å². The van der Waals surface area contributed by atoms with E-state index in [0.29, 0.717) is 11.1 Å². The quantitative estimate of drug-likeness (QED) is 0.322. The van der Waals surface area contributed by atoms with Crippen molar-refractivity contribution in [2.24, 2.45) is 0 Å². The number of esters is 2. The average molecular weight is 411 g/mol. The maximum atomic E-state index is 12.2. The Kier molecular flexibility index (Phi) is 9.59. The molecular formula is C26H34O4. The first kappa shape index (κ1) is 23.7. The number of rotatable bonds is 11. The number of hydrogen-bond acceptors (Lipinski definition) is 4. The highest BCUT2D eigenvalue weighted by Gasteiger charge is 2.13. The van der Waals surface area contributed by atoms with Gasteiger partial charge in [0.1, 0.15) is 0 Å². The van der Waals surface area contributed by atoms with Crippen LogP contribution in [0.15, 0.2) is 48.5 Å². The summed E-state index contributed by atoms with van der Waals surface area (Å²) >= 11 is 0. The van der Waals surface area contributed by atoms with Gasteiger partial charge in [0.15, 0.2) is 0 Å². The van der Waals surface area contributed by atoms with Crippen LogP contribution >= 0.6 is 0 Å². The van der Waals surface area contributed by atoms with Crippen molar-refractivity contribution < 1.29 is 19.1 Å². The zero-order valence-corrected chi connectivity index (χ0v) is 18.6. The first-order valence-corrected chi connectivity index (χ1v) is 11.0. The van der Waals surface area contributed by atoms with Gasteiger partial charge in [0.25, 0.3) is 0 Å². The Morgan fingerprint density at radius 1 is 0.800 bits per heavy atom. The molecule has 30 heavy (non-hydrogen) atoms. The van der Waals surface area contributed by atoms with E-state index in [2.05, 4.69) is 6.92 Å². The van der Waals surface area contributed by atoms with Gasteiger partial charge >= 0.3 is 11.9 Å². The third kappa shape index (κ3) is 8.02. The van der Waals surface area contributed by atoms with Gasteiger partial charge in [-0.3, -0.25) is 0 Å². The second kappa shape index (κ2) is 12.2. The van der Waals surface area contributed by atoms with Crippen molar-refractivity contribution in [3.63, 3.8) is 0 Å². The lowest BCUT2D eigenvalue weighted by atomic mass is 10.1. The number of hydrogen-bond donors (Lipinski definition) is 0. The average Bonchev–Trinajstić information content (AvgIpc) is 2.73. The summed E-state index contributed by atoms with van der Waals surface area (Å²) in [6.45, 7) is 7.91. The Hall–Kier alpha value is -2.62. The van der Waals surface area contributed by atoms with E-state index in [9.17, 15) is 9.59 Å². The summed E-state index contributed by atoms with van der Waals surface area (Å²) in [5, 5.41) is 0. The Labute approximate surface area is 180 Å². The zero-order chi connectivity index (χ0) is 21.9. The molecule has 2 rings (SSSR count). The standard InChI is InChI=1S/C26H34O4/c1-5-22-14-16-23(17-15-22)25(27)29-20(3)11-7-6-8-12-21(4)30-26(28)24-13-9-10-19(2)18-24/h9-10,13-18,20-21H,5-8,11-12H2,1-4H3. The molecule has 0 saturated carbocycles. The van der Waals surface area contributed by atoms with Crippen LogP contribution in [-0.4, -0.2) is 24.1 Å². The van der Waals surface area contributed by atoms with E-state index < -0.39 is 0 Å². The van der Waals surface area contributed by atoms with Crippen LogP contribution in [0.25, 0.3) is 0 Å². The lowest BCUT2D eigenvalue weighted by Gasteiger charge is -2.15. The summed E-state index contributed by atoms with van der Waals surface area (Å²) in [5.74, 6) is -0.527. The molecule has 0 aliphatic carbocycles. The highest BCUT2D eigenvalue weighted by atomic mass is 16.5. The van der Waals surface area contributed by atoms with Gasteiger partial charge in [-0.1, -0.05) is 43.2 Å². The molecule has 0 aliphatic rings. The maximum Gasteiger partial charge on any atom is 0.338 e. The summed E-state index contributed by atoms with van der Waals surface area (Å²) in [7, 11) is 0. The van der Waals surface area contributed by atoms with Gasteiger partial charge in [-0.2, -0.15) is 0 Å². The summed E-state index contributed by atoms with van der Waals surface area (Å²) < 4.78 is 11.1. The van der Waals surface area contributed by atoms with E-state index in [-0.39, 0.29) is 24.1 Å². The number of ether oxygens (including phenoxy) is 2. The van der Waals surface area contributed by atoms with E-state index in [1.807, 2.05) is 63.2 Å². The molecule has 162 valence electrons. The number of aryl methyl sites for hydroxylation is 2. The molecule has 0 spiro atoms. The topological polar surface area (TPSA) is 52.6 Å². The number of benzene rings is 2. The normalized spacial score (nSPS) is 12.8. The van der Waals surface area contributed by atoms with Crippen molar-refractivity contribution >= 4 is 11.9 Å². The minimum Gasteiger partial charge on any atom is -0.459 e. The highest BCUT2D eigenvalue weighted by Crippen LogP contribution is 2.15. The van der Waals surface area contributed by atoms with Crippen LogP contribution in [0.3, 0.4) is 0 Å². The molecule has 2 atom stereocenters. The molecular weight excluding hydrogens is 376 g/mol. The number of carbonyl (C=O) groups excluding carboxylic acids is 2. The minimum absolute atomic E-state index is 0.111. The molecule has 2 aromatic rings. The molecule has 4 heteroatoms. The Bertz CT molecular complexity index is 810. The van der Waals surface area contributed by atoms with Gasteiger partial charge in [0.05, 0.1) is 23.3 Å². The fraction of sp³-hybridized carbons (Fsp3) is 0.462.